The minimum atomic E-state index is -1.01. The Hall–Kier alpha value is -1.66. The largest absolute Gasteiger partial charge is 0.478 e. The lowest BCUT2D eigenvalue weighted by molar-refractivity contribution is 0.0696. The molecule has 2 aromatic rings. The van der Waals surface area contributed by atoms with Crippen LogP contribution in [0.2, 0.25) is 0 Å². The second-order valence-electron chi connectivity index (χ2n) is 3.68. The highest BCUT2D eigenvalue weighted by Gasteiger charge is 2.12. The number of hydrogen-bond donors (Lipinski definition) is 1. The Morgan fingerprint density at radius 2 is 2.44 bits per heavy atom. The lowest BCUT2D eigenvalue weighted by Crippen LogP contribution is -1.93. The number of carbonyl (C=O) groups is 1. The molecule has 2 heterocycles. The van der Waals surface area contributed by atoms with Gasteiger partial charge in [0.1, 0.15) is 17.0 Å². The summed E-state index contributed by atoms with van der Waals surface area (Å²) in [5.41, 5.74) is 0.768. The van der Waals surface area contributed by atoms with Crippen LogP contribution in [0.3, 0.4) is 0 Å². The molecule has 0 aliphatic rings. The van der Waals surface area contributed by atoms with Gasteiger partial charge in [-0.3, -0.25) is 0 Å². The highest BCUT2D eigenvalue weighted by atomic mass is 32.1. The van der Waals surface area contributed by atoms with Crippen LogP contribution in [0, 0.1) is 0 Å². The molecular formula is C12H13NO4S. The minimum absolute atomic E-state index is 0.127. The van der Waals surface area contributed by atoms with Gasteiger partial charge in [-0.15, -0.1) is 11.3 Å². The molecule has 6 heteroatoms. The van der Waals surface area contributed by atoms with E-state index in [0.717, 1.165) is 11.4 Å². The normalized spacial score (nSPS) is 10.7. The van der Waals surface area contributed by atoms with Crippen LogP contribution >= 0.6 is 11.3 Å². The summed E-state index contributed by atoms with van der Waals surface area (Å²) in [6.45, 7) is 3.23. The van der Waals surface area contributed by atoms with E-state index in [4.69, 9.17) is 14.3 Å². The smallest absolute Gasteiger partial charge is 0.338 e. The van der Waals surface area contributed by atoms with Crippen molar-refractivity contribution >= 4 is 17.3 Å². The van der Waals surface area contributed by atoms with Gasteiger partial charge >= 0.3 is 5.97 Å². The number of rotatable bonds is 6. The van der Waals surface area contributed by atoms with E-state index < -0.39 is 5.97 Å². The van der Waals surface area contributed by atoms with Crippen LogP contribution in [-0.2, 0) is 11.3 Å². The summed E-state index contributed by atoms with van der Waals surface area (Å²) in [7, 11) is 0. The minimum Gasteiger partial charge on any atom is -0.478 e. The van der Waals surface area contributed by atoms with Gasteiger partial charge in [-0.05, 0) is 6.42 Å². The Balaban J connectivity index is 2.06. The van der Waals surface area contributed by atoms with Gasteiger partial charge in [0.05, 0.1) is 12.2 Å². The number of thiazole rings is 1. The van der Waals surface area contributed by atoms with Crippen molar-refractivity contribution < 1.29 is 19.1 Å². The fraction of sp³-hybridized carbons (Fsp3) is 0.333. The lowest BCUT2D eigenvalue weighted by Gasteiger charge is -1.97. The van der Waals surface area contributed by atoms with Crippen LogP contribution in [0.5, 0.6) is 0 Å². The molecule has 2 rings (SSSR count). The van der Waals surface area contributed by atoms with Crippen LogP contribution < -0.4 is 0 Å². The molecule has 0 fully saturated rings. The van der Waals surface area contributed by atoms with Crippen molar-refractivity contribution in [2.45, 2.75) is 20.0 Å². The highest BCUT2D eigenvalue weighted by Crippen LogP contribution is 2.24. The molecule has 0 radical (unpaired) electrons. The van der Waals surface area contributed by atoms with Gasteiger partial charge in [0.15, 0.2) is 5.76 Å². The summed E-state index contributed by atoms with van der Waals surface area (Å²) >= 11 is 1.47. The van der Waals surface area contributed by atoms with Crippen molar-refractivity contribution in [1.82, 2.24) is 4.98 Å². The van der Waals surface area contributed by atoms with E-state index in [2.05, 4.69) is 4.98 Å². The summed E-state index contributed by atoms with van der Waals surface area (Å²) < 4.78 is 10.6. The topological polar surface area (TPSA) is 72.6 Å². The highest BCUT2D eigenvalue weighted by molar-refractivity contribution is 7.09. The predicted molar refractivity (Wildman–Crippen MR) is 66.7 cm³/mol. The van der Waals surface area contributed by atoms with Crippen molar-refractivity contribution in [2.24, 2.45) is 0 Å². The van der Waals surface area contributed by atoms with Crippen molar-refractivity contribution in [1.29, 1.82) is 0 Å². The number of nitrogens with zero attached hydrogens (tertiary/aromatic N) is 1. The molecule has 0 unspecified atom stereocenters. The molecule has 0 saturated heterocycles. The van der Waals surface area contributed by atoms with Crippen molar-refractivity contribution in [3.63, 3.8) is 0 Å². The Morgan fingerprint density at radius 3 is 3.11 bits per heavy atom. The standard InChI is InChI=1S/C12H13NO4S/c1-2-3-16-6-11-13-9(7-18-11)10-4-8(5-17-10)12(14)15/h4-5,7H,2-3,6H2,1H3,(H,14,15). The molecule has 96 valence electrons. The molecule has 18 heavy (non-hydrogen) atoms. The summed E-state index contributed by atoms with van der Waals surface area (Å²) in [5.74, 6) is -0.544. The zero-order chi connectivity index (χ0) is 13.0. The Bertz CT molecular complexity index is 532. The molecule has 0 amide bonds. The first-order valence-electron chi connectivity index (χ1n) is 5.55. The summed E-state index contributed by atoms with van der Waals surface area (Å²) in [6.07, 6.45) is 2.18. The van der Waals surface area contributed by atoms with E-state index in [-0.39, 0.29) is 5.56 Å². The van der Waals surface area contributed by atoms with Crippen molar-refractivity contribution in [3.8, 4) is 11.5 Å². The van der Waals surface area contributed by atoms with Gasteiger partial charge in [-0.2, -0.15) is 0 Å². The molecular weight excluding hydrogens is 254 g/mol. The third kappa shape index (κ3) is 2.96. The van der Waals surface area contributed by atoms with Crippen molar-refractivity contribution in [2.75, 3.05) is 6.61 Å². The van der Waals surface area contributed by atoms with E-state index in [1.165, 1.54) is 23.7 Å². The lowest BCUT2D eigenvalue weighted by atomic mass is 10.3. The SMILES string of the molecule is CCCOCc1nc(-c2cc(C(=O)O)co2)cs1. The molecule has 0 aliphatic carbocycles. The van der Waals surface area contributed by atoms with Crippen LogP contribution in [0.1, 0.15) is 28.7 Å². The summed E-state index contributed by atoms with van der Waals surface area (Å²) in [4.78, 5) is 15.1. The van der Waals surface area contributed by atoms with Crippen LogP contribution in [0.4, 0.5) is 0 Å². The number of furan rings is 1. The fourth-order valence-corrected chi connectivity index (χ4v) is 2.10. The van der Waals surface area contributed by atoms with Gasteiger partial charge < -0.3 is 14.3 Å². The molecule has 1 N–H and O–H groups in total. The number of aromatic carboxylic acids is 1. The van der Waals surface area contributed by atoms with E-state index in [1.807, 2.05) is 12.3 Å². The van der Waals surface area contributed by atoms with Gasteiger partial charge in [0.25, 0.3) is 0 Å². The molecule has 0 bridgehead atoms. The van der Waals surface area contributed by atoms with E-state index in [9.17, 15) is 4.79 Å². The van der Waals surface area contributed by atoms with Gasteiger partial charge in [-0.1, -0.05) is 6.92 Å². The zero-order valence-corrected chi connectivity index (χ0v) is 10.7. The number of aromatic nitrogens is 1. The van der Waals surface area contributed by atoms with E-state index in [1.54, 1.807) is 0 Å². The van der Waals surface area contributed by atoms with Gasteiger partial charge in [0.2, 0.25) is 0 Å². The number of ether oxygens (including phenoxy) is 1. The maximum absolute atomic E-state index is 10.7. The van der Waals surface area contributed by atoms with Crippen LogP contribution in [0.25, 0.3) is 11.5 Å². The Labute approximate surface area is 108 Å². The quantitative estimate of drug-likeness (QED) is 0.814. The third-order valence-corrected chi connectivity index (χ3v) is 3.05. The third-order valence-electron chi connectivity index (χ3n) is 2.22. The predicted octanol–water partition coefficient (Wildman–Crippen LogP) is 3.03. The van der Waals surface area contributed by atoms with Gasteiger partial charge in [0, 0.05) is 18.1 Å². The molecule has 5 nitrogen and oxygen atoms in total. The first kappa shape index (κ1) is 12.8. The van der Waals surface area contributed by atoms with Crippen LogP contribution in [-0.4, -0.2) is 22.7 Å². The second kappa shape index (κ2) is 5.79. The number of carboxylic acids is 1. The van der Waals surface area contributed by atoms with Crippen LogP contribution in [0.15, 0.2) is 22.1 Å². The van der Waals surface area contributed by atoms with Gasteiger partial charge in [-0.25, -0.2) is 9.78 Å². The first-order valence-corrected chi connectivity index (χ1v) is 6.43. The molecule has 0 aliphatic heterocycles. The van der Waals surface area contributed by atoms with E-state index >= 15 is 0 Å². The average Bonchev–Trinajstić information content (AvgIpc) is 2.97. The summed E-state index contributed by atoms with van der Waals surface area (Å²) in [6, 6.07) is 1.47. The maximum atomic E-state index is 10.7. The molecule has 2 aromatic heterocycles. The zero-order valence-electron chi connectivity index (χ0n) is 9.88. The first-order chi connectivity index (χ1) is 8.70. The molecule has 0 spiro atoms. The summed E-state index contributed by atoms with van der Waals surface area (Å²) in [5, 5.41) is 11.5. The fourth-order valence-electron chi connectivity index (χ4n) is 1.38. The molecule has 0 saturated carbocycles. The monoisotopic (exact) mass is 267 g/mol. The average molecular weight is 267 g/mol. The molecule has 0 atom stereocenters. The number of hydrogen-bond acceptors (Lipinski definition) is 5. The molecule has 0 aromatic carbocycles. The van der Waals surface area contributed by atoms with E-state index in [0.29, 0.717) is 24.7 Å². The Kier molecular flexibility index (Phi) is 4.11. The maximum Gasteiger partial charge on any atom is 0.338 e. The second-order valence-corrected chi connectivity index (χ2v) is 4.63. The Morgan fingerprint density at radius 1 is 1.61 bits per heavy atom. The number of carboxylic acid groups (broad SMARTS) is 1. The van der Waals surface area contributed by atoms with Crippen molar-refractivity contribution in [3.05, 3.63) is 28.3 Å².